The largest absolute Gasteiger partial charge is 0.493 e. The molecule has 0 saturated heterocycles. The zero-order valence-electron chi connectivity index (χ0n) is 9.24. The van der Waals surface area contributed by atoms with Crippen molar-refractivity contribution < 1.29 is 9.13 Å². The molecule has 0 heterocycles. The highest BCUT2D eigenvalue weighted by molar-refractivity contribution is 5.22. The van der Waals surface area contributed by atoms with Gasteiger partial charge in [0.1, 0.15) is 17.1 Å². The van der Waals surface area contributed by atoms with Crippen LogP contribution < -0.4 is 10.5 Å². The Morgan fingerprint density at radius 1 is 1.56 bits per heavy atom. The maximum absolute atomic E-state index is 12.8. The fourth-order valence-electron chi connectivity index (χ4n) is 1.24. The molecule has 0 amide bonds. The summed E-state index contributed by atoms with van der Waals surface area (Å²) < 4.78 is 18.1. The molecule has 0 aromatic heterocycles. The Labute approximate surface area is 94.6 Å². The number of benzene rings is 1. The van der Waals surface area contributed by atoms with E-state index < -0.39 is 5.54 Å². The fraction of sp³-hybridized carbons (Fsp3) is 0.417. The summed E-state index contributed by atoms with van der Waals surface area (Å²) in [6.07, 6.45) is 1.22. The van der Waals surface area contributed by atoms with E-state index in [2.05, 4.69) is 0 Å². The van der Waals surface area contributed by atoms with Crippen LogP contribution in [0.3, 0.4) is 0 Å². The molecule has 0 fully saturated rings. The van der Waals surface area contributed by atoms with Crippen molar-refractivity contribution in [2.24, 2.45) is 5.73 Å². The Morgan fingerprint density at radius 2 is 2.31 bits per heavy atom. The molecule has 0 aliphatic rings. The van der Waals surface area contributed by atoms with Gasteiger partial charge in [0, 0.05) is 6.07 Å². The Kier molecular flexibility index (Phi) is 4.27. The van der Waals surface area contributed by atoms with E-state index in [1.165, 1.54) is 12.1 Å². The molecule has 2 N–H and O–H groups in total. The van der Waals surface area contributed by atoms with Gasteiger partial charge in [-0.25, -0.2) is 4.39 Å². The molecule has 0 bridgehead atoms. The second-order valence-electron chi connectivity index (χ2n) is 3.94. The third kappa shape index (κ3) is 4.28. The molecule has 3 nitrogen and oxygen atoms in total. The van der Waals surface area contributed by atoms with Gasteiger partial charge in [-0.2, -0.15) is 5.26 Å². The van der Waals surface area contributed by atoms with Crippen LogP contribution in [0.25, 0.3) is 0 Å². The van der Waals surface area contributed by atoms with Crippen LogP contribution in [-0.4, -0.2) is 12.1 Å². The van der Waals surface area contributed by atoms with Gasteiger partial charge in [0.15, 0.2) is 0 Å². The van der Waals surface area contributed by atoms with Gasteiger partial charge in [-0.1, -0.05) is 6.07 Å². The lowest BCUT2D eigenvalue weighted by atomic mass is 10.00. The second-order valence-corrected chi connectivity index (χ2v) is 3.94. The summed E-state index contributed by atoms with van der Waals surface area (Å²) in [6, 6.07) is 7.98. The summed E-state index contributed by atoms with van der Waals surface area (Å²) in [5.41, 5.74) is 4.83. The fourth-order valence-corrected chi connectivity index (χ4v) is 1.24. The van der Waals surface area contributed by atoms with E-state index in [9.17, 15) is 4.39 Å². The summed E-state index contributed by atoms with van der Waals surface area (Å²) >= 11 is 0. The Bertz CT molecular complexity index is 385. The summed E-state index contributed by atoms with van der Waals surface area (Å²) in [5.74, 6) is 0.175. The lowest BCUT2D eigenvalue weighted by Gasteiger charge is -2.14. The van der Waals surface area contributed by atoms with Gasteiger partial charge in [0.2, 0.25) is 0 Å². The topological polar surface area (TPSA) is 59.0 Å². The van der Waals surface area contributed by atoms with Gasteiger partial charge >= 0.3 is 0 Å². The molecule has 1 aromatic rings. The van der Waals surface area contributed by atoms with Crippen molar-refractivity contribution in [3.05, 3.63) is 30.1 Å². The highest BCUT2D eigenvalue weighted by Crippen LogP contribution is 2.13. The first kappa shape index (κ1) is 12.5. The lowest BCUT2D eigenvalue weighted by Crippen LogP contribution is -2.34. The van der Waals surface area contributed by atoms with E-state index in [4.69, 9.17) is 15.7 Å². The summed E-state index contributed by atoms with van der Waals surface area (Å²) in [7, 11) is 0. The number of rotatable bonds is 5. The maximum Gasteiger partial charge on any atom is 0.126 e. The maximum atomic E-state index is 12.8. The van der Waals surface area contributed by atoms with Crippen LogP contribution in [0.1, 0.15) is 19.8 Å². The molecule has 0 spiro atoms. The van der Waals surface area contributed by atoms with Crippen LogP contribution in [0.15, 0.2) is 24.3 Å². The van der Waals surface area contributed by atoms with Crippen molar-refractivity contribution in [2.75, 3.05) is 6.61 Å². The van der Waals surface area contributed by atoms with Gasteiger partial charge in [0.25, 0.3) is 0 Å². The molecule has 1 unspecified atom stereocenters. The highest BCUT2D eigenvalue weighted by Gasteiger charge is 2.16. The molecule has 16 heavy (non-hydrogen) atoms. The third-order valence-electron chi connectivity index (χ3n) is 2.16. The Morgan fingerprint density at radius 3 is 2.94 bits per heavy atom. The molecule has 86 valence electrons. The number of hydrogen-bond acceptors (Lipinski definition) is 3. The summed E-state index contributed by atoms with van der Waals surface area (Å²) in [4.78, 5) is 0. The molecule has 0 radical (unpaired) electrons. The van der Waals surface area contributed by atoms with Crippen LogP contribution >= 0.6 is 0 Å². The predicted molar refractivity (Wildman–Crippen MR) is 59.3 cm³/mol. The van der Waals surface area contributed by atoms with Crippen molar-refractivity contribution >= 4 is 0 Å². The zero-order chi connectivity index (χ0) is 12.0. The first-order valence-electron chi connectivity index (χ1n) is 5.12. The molecule has 0 saturated carbocycles. The van der Waals surface area contributed by atoms with Crippen LogP contribution in [0.4, 0.5) is 4.39 Å². The molecule has 1 rings (SSSR count). The monoisotopic (exact) mass is 222 g/mol. The number of nitriles is 1. The predicted octanol–water partition coefficient (Wildman–Crippen LogP) is 2.23. The average Bonchev–Trinajstić information content (AvgIpc) is 2.25. The van der Waals surface area contributed by atoms with Crippen LogP contribution in [0.5, 0.6) is 5.75 Å². The van der Waals surface area contributed by atoms with Crippen molar-refractivity contribution in [1.82, 2.24) is 0 Å². The normalized spacial score (nSPS) is 13.9. The first-order valence-corrected chi connectivity index (χ1v) is 5.12. The molecule has 0 aliphatic carbocycles. The van der Waals surface area contributed by atoms with E-state index in [1.54, 1.807) is 19.1 Å². The lowest BCUT2D eigenvalue weighted by molar-refractivity contribution is 0.295. The van der Waals surface area contributed by atoms with Crippen molar-refractivity contribution in [3.8, 4) is 11.8 Å². The first-order chi connectivity index (χ1) is 7.53. The molecule has 4 heteroatoms. The third-order valence-corrected chi connectivity index (χ3v) is 2.16. The molecule has 1 atom stereocenters. The van der Waals surface area contributed by atoms with Crippen LogP contribution in [-0.2, 0) is 0 Å². The van der Waals surface area contributed by atoms with Gasteiger partial charge in [-0.3, -0.25) is 0 Å². The number of ether oxygens (including phenoxy) is 1. The minimum absolute atomic E-state index is 0.321. The van der Waals surface area contributed by atoms with Crippen molar-refractivity contribution in [1.29, 1.82) is 5.26 Å². The molecule has 0 aliphatic heterocycles. The number of nitrogens with zero attached hydrogens (tertiary/aromatic N) is 1. The van der Waals surface area contributed by atoms with E-state index in [0.29, 0.717) is 25.2 Å². The zero-order valence-corrected chi connectivity index (χ0v) is 9.24. The standard InChI is InChI=1S/C12H15FN2O/c1-12(15,9-14)6-3-7-16-11-5-2-4-10(13)8-11/h2,4-5,8H,3,6-7,15H2,1H3. The minimum Gasteiger partial charge on any atom is -0.493 e. The summed E-state index contributed by atoms with van der Waals surface area (Å²) in [5, 5.41) is 8.68. The second kappa shape index (κ2) is 5.47. The van der Waals surface area contributed by atoms with Gasteiger partial charge in [0.05, 0.1) is 12.7 Å². The van der Waals surface area contributed by atoms with Crippen molar-refractivity contribution in [2.45, 2.75) is 25.3 Å². The van der Waals surface area contributed by atoms with Gasteiger partial charge in [-0.15, -0.1) is 0 Å². The molecule has 1 aromatic carbocycles. The summed E-state index contributed by atoms with van der Waals surface area (Å²) in [6.45, 7) is 2.10. The van der Waals surface area contributed by atoms with E-state index in [0.717, 1.165) is 0 Å². The molecular weight excluding hydrogens is 207 g/mol. The van der Waals surface area contributed by atoms with E-state index >= 15 is 0 Å². The number of halogens is 1. The SMILES string of the molecule is CC(N)(C#N)CCCOc1cccc(F)c1. The van der Waals surface area contributed by atoms with Crippen LogP contribution in [0, 0.1) is 17.1 Å². The van der Waals surface area contributed by atoms with Gasteiger partial charge < -0.3 is 10.5 Å². The quantitative estimate of drug-likeness (QED) is 0.777. The van der Waals surface area contributed by atoms with Crippen LogP contribution in [0.2, 0.25) is 0 Å². The minimum atomic E-state index is -0.814. The smallest absolute Gasteiger partial charge is 0.126 e. The van der Waals surface area contributed by atoms with Gasteiger partial charge in [-0.05, 0) is 31.9 Å². The van der Waals surface area contributed by atoms with E-state index in [-0.39, 0.29) is 5.82 Å². The Hall–Kier alpha value is -1.60. The van der Waals surface area contributed by atoms with Crippen molar-refractivity contribution in [3.63, 3.8) is 0 Å². The highest BCUT2D eigenvalue weighted by atomic mass is 19.1. The average molecular weight is 222 g/mol. The molecular formula is C12H15FN2O. The van der Waals surface area contributed by atoms with E-state index in [1.807, 2.05) is 6.07 Å². The number of hydrogen-bond donors (Lipinski definition) is 1. The number of nitrogens with two attached hydrogens (primary N) is 1. The Balaban J connectivity index is 2.29.